The molecule has 0 fully saturated rings. The molecule has 1 atom stereocenters. The molecule has 1 N–H and O–H groups in total. The lowest BCUT2D eigenvalue weighted by Gasteiger charge is -2.15. The summed E-state index contributed by atoms with van der Waals surface area (Å²) in [6.45, 7) is 2.60. The first kappa shape index (κ1) is 9.41. The van der Waals surface area contributed by atoms with Crippen molar-refractivity contribution in [3.63, 3.8) is 0 Å². The number of anilines is 1. The molecule has 5 heteroatoms. The maximum absolute atomic E-state index is 9.04. The van der Waals surface area contributed by atoms with Crippen molar-refractivity contribution in [2.24, 2.45) is 0 Å². The first-order chi connectivity index (χ1) is 5.70. The maximum atomic E-state index is 9.04. The van der Waals surface area contributed by atoms with Crippen molar-refractivity contribution in [2.75, 3.05) is 18.5 Å². The van der Waals surface area contributed by atoms with E-state index < -0.39 is 0 Å². The number of rotatable bonds is 4. The van der Waals surface area contributed by atoms with E-state index in [0.717, 1.165) is 18.1 Å². The lowest BCUT2D eigenvalue weighted by Crippen LogP contribution is -2.21. The minimum atomic E-state index is -0.250. The molecule has 0 saturated carbocycles. The van der Waals surface area contributed by atoms with Crippen molar-refractivity contribution in [3.8, 4) is 0 Å². The molecule has 0 radical (unpaired) electrons. The van der Waals surface area contributed by atoms with Crippen LogP contribution < -0.4 is 4.90 Å². The third-order valence-corrected chi connectivity index (χ3v) is 2.36. The fraction of sp³-hybridized carbons (Fsp3) is 0.714. The topological polar surface area (TPSA) is 49.2 Å². The second kappa shape index (κ2) is 4.37. The lowest BCUT2D eigenvalue weighted by molar-refractivity contribution is 0.187. The smallest absolute Gasteiger partial charge is 0.207 e. The van der Waals surface area contributed by atoms with Crippen LogP contribution in [0.25, 0.3) is 0 Å². The summed E-state index contributed by atoms with van der Waals surface area (Å²) >= 11 is 1.50. The molecular formula is C7H13N3OS. The van der Waals surface area contributed by atoms with Crippen molar-refractivity contribution >= 4 is 16.5 Å². The predicted molar refractivity (Wildman–Crippen MR) is 49.5 cm³/mol. The molecule has 1 aromatic heterocycles. The van der Waals surface area contributed by atoms with Gasteiger partial charge < -0.3 is 10.0 Å². The summed E-state index contributed by atoms with van der Waals surface area (Å²) in [6, 6.07) is 0. The third-order valence-electron chi connectivity index (χ3n) is 1.56. The molecule has 1 heterocycles. The summed E-state index contributed by atoms with van der Waals surface area (Å²) in [4.78, 5) is 1.99. The molecular weight excluding hydrogens is 174 g/mol. The fourth-order valence-electron chi connectivity index (χ4n) is 0.810. The first-order valence-corrected chi connectivity index (χ1v) is 4.73. The van der Waals surface area contributed by atoms with Crippen LogP contribution in [0.1, 0.15) is 13.3 Å². The number of aromatic nitrogens is 2. The van der Waals surface area contributed by atoms with Gasteiger partial charge >= 0.3 is 0 Å². The van der Waals surface area contributed by atoms with Crippen molar-refractivity contribution in [2.45, 2.75) is 19.4 Å². The zero-order chi connectivity index (χ0) is 8.97. The SMILES string of the molecule is CC(O)CCN(C)c1nncs1. The van der Waals surface area contributed by atoms with Gasteiger partial charge in [-0.25, -0.2) is 0 Å². The number of nitrogens with zero attached hydrogens (tertiary/aromatic N) is 3. The molecule has 0 bridgehead atoms. The van der Waals surface area contributed by atoms with Crippen LogP contribution in [0.4, 0.5) is 5.13 Å². The Labute approximate surface area is 75.9 Å². The lowest BCUT2D eigenvalue weighted by atomic mass is 10.3. The molecule has 1 rings (SSSR count). The van der Waals surface area contributed by atoms with Crippen LogP contribution in [-0.4, -0.2) is 35.0 Å². The van der Waals surface area contributed by atoms with Crippen molar-refractivity contribution in [3.05, 3.63) is 5.51 Å². The summed E-state index contributed by atoms with van der Waals surface area (Å²) in [6.07, 6.45) is 0.510. The van der Waals surface area contributed by atoms with Crippen LogP contribution in [-0.2, 0) is 0 Å². The number of hydrogen-bond acceptors (Lipinski definition) is 5. The van der Waals surface area contributed by atoms with Gasteiger partial charge in [-0.05, 0) is 13.3 Å². The zero-order valence-corrected chi connectivity index (χ0v) is 8.08. The third kappa shape index (κ3) is 2.75. The predicted octanol–water partition coefficient (Wildman–Crippen LogP) is 0.745. The Balaban J connectivity index is 2.34. The molecule has 4 nitrogen and oxygen atoms in total. The molecule has 1 unspecified atom stereocenters. The van der Waals surface area contributed by atoms with Crippen LogP contribution >= 0.6 is 11.3 Å². The molecule has 0 aromatic carbocycles. The van der Waals surface area contributed by atoms with Gasteiger partial charge in [0.2, 0.25) is 5.13 Å². The average Bonchev–Trinajstić information content (AvgIpc) is 2.51. The Bertz CT molecular complexity index is 212. The van der Waals surface area contributed by atoms with Gasteiger partial charge in [-0.3, -0.25) is 0 Å². The van der Waals surface area contributed by atoms with Crippen LogP contribution in [0.15, 0.2) is 5.51 Å². The summed E-state index contributed by atoms with van der Waals surface area (Å²) < 4.78 is 0. The quantitative estimate of drug-likeness (QED) is 0.755. The van der Waals surface area contributed by atoms with Crippen LogP contribution in [0, 0.1) is 0 Å². The van der Waals surface area contributed by atoms with Gasteiger partial charge in [0.05, 0.1) is 6.10 Å². The van der Waals surface area contributed by atoms with Crippen LogP contribution in [0.2, 0.25) is 0 Å². The van der Waals surface area contributed by atoms with Gasteiger partial charge in [0.1, 0.15) is 5.51 Å². The van der Waals surface area contributed by atoms with E-state index in [4.69, 9.17) is 5.11 Å². The molecule has 0 aliphatic carbocycles. The Morgan fingerprint density at radius 2 is 2.50 bits per heavy atom. The zero-order valence-electron chi connectivity index (χ0n) is 7.27. The summed E-state index contributed by atoms with van der Waals surface area (Å²) in [5.74, 6) is 0. The van der Waals surface area contributed by atoms with E-state index in [-0.39, 0.29) is 6.10 Å². The van der Waals surface area contributed by atoms with Crippen LogP contribution in [0.5, 0.6) is 0 Å². The highest BCUT2D eigenvalue weighted by atomic mass is 32.1. The highest BCUT2D eigenvalue weighted by Crippen LogP contribution is 2.13. The molecule has 1 aromatic rings. The molecule has 0 saturated heterocycles. The summed E-state index contributed by atoms with van der Waals surface area (Å²) in [7, 11) is 1.95. The Morgan fingerprint density at radius 3 is 3.00 bits per heavy atom. The molecule has 0 aliphatic heterocycles. The molecule has 0 spiro atoms. The standard InChI is InChI=1S/C7H13N3OS/c1-6(11)3-4-10(2)7-9-8-5-12-7/h5-6,11H,3-4H2,1-2H3. The van der Waals surface area contributed by atoms with E-state index in [2.05, 4.69) is 10.2 Å². The fourth-order valence-corrected chi connectivity index (χ4v) is 1.36. The van der Waals surface area contributed by atoms with Crippen molar-refractivity contribution < 1.29 is 5.11 Å². The van der Waals surface area contributed by atoms with Gasteiger partial charge in [0.25, 0.3) is 0 Å². The molecule has 0 amide bonds. The Hall–Kier alpha value is -0.680. The second-order valence-corrected chi connectivity index (χ2v) is 3.59. The number of aliphatic hydroxyl groups excluding tert-OH is 1. The van der Waals surface area contributed by atoms with Gasteiger partial charge in [0, 0.05) is 13.6 Å². The van der Waals surface area contributed by atoms with Crippen molar-refractivity contribution in [1.82, 2.24) is 10.2 Å². The minimum Gasteiger partial charge on any atom is -0.393 e. The van der Waals surface area contributed by atoms with Gasteiger partial charge in [-0.1, -0.05) is 11.3 Å². The molecule has 0 aliphatic rings. The van der Waals surface area contributed by atoms with E-state index in [1.54, 1.807) is 12.4 Å². The van der Waals surface area contributed by atoms with E-state index in [1.807, 2.05) is 11.9 Å². The molecule has 12 heavy (non-hydrogen) atoms. The van der Waals surface area contributed by atoms with Gasteiger partial charge in [0.15, 0.2) is 0 Å². The summed E-state index contributed by atoms with van der Waals surface area (Å²) in [5.41, 5.74) is 1.70. The Kier molecular flexibility index (Phi) is 3.43. The monoisotopic (exact) mass is 187 g/mol. The van der Waals surface area contributed by atoms with E-state index >= 15 is 0 Å². The van der Waals surface area contributed by atoms with E-state index in [0.29, 0.717) is 0 Å². The van der Waals surface area contributed by atoms with Crippen LogP contribution in [0.3, 0.4) is 0 Å². The highest BCUT2D eigenvalue weighted by molar-refractivity contribution is 7.13. The van der Waals surface area contributed by atoms with Gasteiger partial charge in [-0.15, -0.1) is 10.2 Å². The minimum absolute atomic E-state index is 0.250. The number of aliphatic hydroxyl groups is 1. The molecule has 68 valence electrons. The Morgan fingerprint density at radius 1 is 1.75 bits per heavy atom. The summed E-state index contributed by atoms with van der Waals surface area (Å²) in [5, 5.41) is 17.6. The maximum Gasteiger partial charge on any atom is 0.207 e. The second-order valence-electron chi connectivity index (χ2n) is 2.78. The normalized spacial score (nSPS) is 12.9. The van der Waals surface area contributed by atoms with E-state index in [1.165, 1.54) is 11.3 Å². The average molecular weight is 187 g/mol. The van der Waals surface area contributed by atoms with Gasteiger partial charge in [-0.2, -0.15) is 0 Å². The first-order valence-electron chi connectivity index (χ1n) is 3.85. The van der Waals surface area contributed by atoms with Crippen molar-refractivity contribution in [1.29, 1.82) is 0 Å². The van der Waals surface area contributed by atoms with E-state index in [9.17, 15) is 0 Å². The largest absolute Gasteiger partial charge is 0.393 e. The number of hydrogen-bond donors (Lipinski definition) is 1. The highest BCUT2D eigenvalue weighted by Gasteiger charge is 2.04.